The number of thioether (sulfide) groups is 1. The molecule has 2 aliphatic heterocycles. The van der Waals surface area contributed by atoms with Crippen molar-refractivity contribution >= 4 is 62.4 Å². The lowest BCUT2D eigenvalue weighted by molar-refractivity contribution is -0.132. The Morgan fingerprint density at radius 2 is 1.70 bits per heavy atom. The van der Waals surface area contributed by atoms with Crippen LogP contribution in [0, 0.1) is 0 Å². The zero-order valence-electron chi connectivity index (χ0n) is 24.3. The maximum atomic E-state index is 13.7. The van der Waals surface area contributed by atoms with Gasteiger partial charge in [-0.2, -0.15) is 0 Å². The number of nitrogens with zero attached hydrogens (tertiary/aromatic N) is 3. The van der Waals surface area contributed by atoms with Crippen molar-refractivity contribution in [1.82, 2.24) is 10.2 Å². The van der Waals surface area contributed by atoms with E-state index in [4.69, 9.17) is 14.2 Å². The number of carbonyl (C=O) groups excluding carboxylic acids is 3. The predicted octanol–water partition coefficient (Wildman–Crippen LogP) is 6.17. The van der Waals surface area contributed by atoms with E-state index >= 15 is 0 Å². The molecule has 46 heavy (non-hydrogen) atoms. The molecule has 1 N–H and O–H groups in total. The van der Waals surface area contributed by atoms with Crippen LogP contribution in [0.2, 0.25) is 0 Å². The number of carbonyl (C=O) groups is 3. The highest BCUT2D eigenvalue weighted by molar-refractivity contribution is 8.00. The largest absolute Gasteiger partial charge is 0.507 e. The third-order valence-electron chi connectivity index (χ3n) is 7.74. The van der Waals surface area contributed by atoms with Crippen molar-refractivity contribution in [2.24, 2.45) is 0 Å². The molecule has 1 fully saturated rings. The minimum atomic E-state index is -1.05. The van der Waals surface area contributed by atoms with Crippen molar-refractivity contribution in [3.8, 4) is 11.5 Å². The minimum absolute atomic E-state index is 0.132. The number of aliphatic hydroxyl groups is 1. The Labute approximate surface area is 271 Å². The van der Waals surface area contributed by atoms with Crippen LogP contribution in [0.4, 0.5) is 5.13 Å². The van der Waals surface area contributed by atoms with Gasteiger partial charge < -0.3 is 19.3 Å². The fraction of sp³-hybridized carbons (Fsp3) is 0.147. The van der Waals surface area contributed by atoms with Crippen LogP contribution in [0.5, 0.6) is 11.5 Å². The summed E-state index contributed by atoms with van der Waals surface area (Å²) in [6, 6.07) is 24.3. The first-order valence-corrected chi connectivity index (χ1v) is 16.1. The molecule has 10 nitrogen and oxygen atoms in total. The standard InChI is InChI=1S/C34H25N3O7S2/c1-42-32(41)21-11-9-20(10-12-21)28-27(29(38)22-13-14-25-26(17-22)44-16-15-43-25)30(39)31(40)37(28)33-35-36-34(46-33)45-18-23-7-4-6-19-5-2-3-8-24(19)23/h2-14,17,28,38H,15-16,18H2,1H3/b29-27+/t28-/m1/s1. The first-order chi connectivity index (χ1) is 22.4. The van der Waals surface area contributed by atoms with Gasteiger partial charge in [-0.15, -0.1) is 10.2 Å². The third-order valence-corrected chi connectivity index (χ3v) is 9.85. The first kappa shape index (κ1) is 29.5. The van der Waals surface area contributed by atoms with Gasteiger partial charge in [-0.3, -0.25) is 14.5 Å². The third kappa shape index (κ3) is 5.35. The van der Waals surface area contributed by atoms with E-state index in [1.54, 1.807) is 30.3 Å². The molecule has 230 valence electrons. The normalized spacial score (nSPS) is 17.0. The Morgan fingerprint density at radius 3 is 2.50 bits per heavy atom. The number of rotatable bonds is 7. The van der Waals surface area contributed by atoms with Crippen molar-refractivity contribution < 1.29 is 33.7 Å². The summed E-state index contributed by atoms with van der Waals surface area (Å²) in [7, 11) is 1.28. The summed E-state index contributed by atoms with van der Waals surface area (Å²) >= 11 is 2.65. The fourth-order valence-corrected chi connectivity index (χ4v) is 7.40. The Kier molecular flexibility index (Phi) is 7.89. The summed E-state index contributed by atoms with van der Waals surface area (Å²) in [6.07, 6.45) is 0. The van der Waals surface area contributed by atoms with Gasteiger partial charge in [0.1, 0.15) is 19.0 Å². The second-order valence-electron chi connectivity index (χ2n) is 10.4. The average Bonchev–Trinajstić information content (AvgIpc) is 3.67. The molecule has 5 aromatic rings. The van der Waals surface area contributed by atoms with Gasteiger partial charge in [-0.05, 0) is 52.2 Å². The average molecular weight is 652 g/mol. The topological polar surface area (TPSA) is 128 Å². The first-order valence-electron chi connectivity index (χ1n) is 14.2. The van der Waals surface area contributed by atoms with Gasteiger partial charge in [0.2, 0.25) is 5.13 Å². The lowest BCUT2D eigenvalue weighted by atomic mass is 9.94. The molecule has 0 aliphatic carbocycles. The SMILES string of the molecule is COC(=O)c1ccc([C@@H]2/C(=C(\O)c3ccc4c(c3)OCCO4)C(=O)C(=O)N2c2nnc(SCc3cccc4ccccc34)s2)cc1. The molecule has 1 amide bonds. The molecule has 0 radical (unpaired) electrons. The number of amides is 1. The number of Topliss-reactive ketones (excluding diaryl/α,β-unsaturated/α-hetero) is 1. The van der Waals surface area contributed by atoms with Gasteiger partial charge in [0.05, 0.1) is 24.3 Å². The molecular formula is C34H25N3O7S2. The summed E-state index contributed by atoms with van der Waals surface area (Å²) < 4.78 is 16.7. The smallest absolute Gasteiger partial charge is 0.337 e. The van der Waals surface area contributed by atoms with Gasteiger partial charge in [0, 0.05) is 11.3 Å². The molecule has 1 saturated heterocycles. The van der Waals surface area contributed by atoms with Crippen LogP contribution in [0.15, 0.2) is 94.8 Å². The molecule has 0 bridgehead atoms. The molecule has 0 spiro atoms. The zero-order chi connectivity index (χ0) is 31.8. The molecule has 0 saturated carbocycles. The molecule has 4 aromatic carbocycles. The molecular weight excluding hydrogens is 627 g/mol. The van der Waals surface area contributed by atoms with Crippen molar-refractivity contribution in [2.75, 3.05) is 25.2 Å². The van der Waals surface area contributed by atoms with E-state index in [0.29, 0.717) is 40.4 Å². The lowest BCUT2D eigenvalue weighted by Crippen LogP contribution is -2.29. The highest BCUT2D eigenvalue weighted by Gasteiger charge is 2.48. The molecule has 1 atom stereocenters. The maximum Gasteiger partial charge on any atom is 0.337 e. The van der Waals surface area contributed by atoms with E-state index in [1.807, 2.05) is 18.2 Å². The number of esters is 1. The number of hydrogen-bond acceptors (Lipinski definition) is 11. The van der Waals surface area contributed by atoms with E-state index in [-0.39, 0.29) is 27.6 Å². The molecule has 0 unspecified atom stereocenters. The number of anilines is 1. The van der Waals surface area contributed by atoms with Crippen molar-refractivity contribution in [3.05, 3.63) is 113 Å². The minimum Gasteiger partial charge on any atom is -0.507 e. The fourth-order valence-electron chi connectivity index (χ4n) is 5.53. The summed E-state index contributed by atoms with van der Waals surface area (Å²) in [4.78, 5) is 40.7. The Morgan fingerprint density at radius 1 is 0.957 bits per heavy atom. The molecule has 3 heterocycles. The summed E-state index contributed by atoms with van der Waals surface area (Å²) in [5.41, 5.74) is 2.05. The number of methoxy groups -OCH3 is 1. The van der Waals surface area contributed by atoms with Gasteiger partial charge in [0.15, 0.2) is 15.8 Å². The van der Waals surface area contributed by atoms with Crippen LogP contribution in [-0.2, 0) is 20.1 Å². The predicted molar refractivity (Wildman–Crippen MR) is 173 cm³/mol. The van der Waals surface area contributed by atoms with E-state index in [1.165, 1.54) is 47.2 Å². The number of aliphatic hydroxyl groups excluding tert-OH is 1. The second-order valence-corrected chi connectivity index (χ2v) is 12.6. The number of ether oxygens (including phenoxy) is 3. The van der Waals surface area contributed by atoms with Gasteiger partial charge in [-0.1, -0.05) is 77.7 Å². The number of ketones is 1. The van der Waals surface area contributed by atoms with Gasteiger partial charge in [-0.25, -0.2) is 4.79 Å². The number of aromatic nitrogens is 2. The molecule has 1 aromatic heterocycles. The van der Waals surface area contributed by atoms with Crippen LogP contribution in [0.25, 0.3) is 16.5 Å². The zero-order valence-corrected chi connectivity index (χ0v) is 26.0. The lowest BCUT2D eigenvalue weighted by Gasteiger charge is -2.23. The monoisotopic (exact) mass is 651 g/mol. The Bertz CT molecular complexity index is 2040. The van der Waals surface area contributed by atoms with E-state index in [9.17, 15) is 19.5 Å². The number of fused-ring (bicyclic) bond motifs is 2. The number of hydrogen-bond donors (Lipinski definition) is 1. The molecule has 2 aliphatic rings. The van der Waals surface area contributed by atoms with Crippen LogP contribution in [0.3, 0.4) is 0 Å². The van der Waals surface area contributed by atoms with Crippen LogP contribution < -0.4 is 14.4 Å². The second kappa shape index (κ2) is 12.3. The summed E-state index contributed by atoms with van der Waals surface area (Å²) in [6.45, 7) is 0.737. The van der Waals surface area contributed by atoms with Crippen molar-refractivity contribution in [3.63, 3.8) is 0 Å². The van der Waals surface area contributed by atoms with Crippen LogP contribution in [-0.4, -0.2) is 53.3 Å². The summed E-state index contributed by atoms with van der Waals surface area (Å²) in [5.74, 6) is -1.10. The Hall–Kier alpha value is -5.20. The van der Waals surface area contributed by atoms with Crippen molar-refractivity contribution in [2.45, 2.75) is 16.1 Å². The van der Waals surface area contributed by atoms with Crippen LogP contribution in [0.1, 0.15) is 33.1 Å². The Balaban J connectivity index is 1.26. The van der Waals surface area contributed by atoms with Gasteiger partial charge in [0.25, 0.3) is 5.78 Å². The maximum absolute atomic E-state index is 13.7. The highest BCUT2D eigenvalue weighted by atomic mass is 32.2. The van der Waals surface area contributed by atoms with Crippen molar-refractivity contribution in [1.29, 1.82) is 0 Å². The van der Waals surface area contributed by atoms with Crippen LogP contribution >= 0.6 is 23.1 Å². The number of benzene rings is 4. The summed E-state index contributed by atoms with van der Waals surface area (Å²) in [5, 5.41) is 22.7. The van der Waals surface area contributed by atoms with E-state index in [2.05, 4.69) is 34.5 Å². The molecule has 12 heteroatoms. The van der Waals surface area contributed by atoms with Gasteiger partial charge >= 0.3 is 11.9 Å². The quantitative estimate of drug-likeness (QED) is 0.0545. The van der Waals surface area contributed by atoms with E-state index in [0.717, 1.165) is 16.3 Å². The molecule has 7 rings (SSSR count). The van der Waals surface area contributed by atoms with E-state index < -0.39 is 23.7 Å². The highest BCUT2D eigenvalue weighted by Crippen LogP contribution is 2.45.